The number of ether oxygens (including phenoxy) is 1. The fraction of sp³-hybridized carbons (Fsp3) is 0.700. The lowest BCUT2D eigenvalue weighted by Crippen LogP contribution is -2.43. The van der Waals surface area contributed by atoms with Crippen molar-refractivity contribution in [3.63, 3.8) is 0 Å². The number of aromatic nitrogens is 3. The fourth-order valence-electron chi connectivity index (χ4n) is 4.17. The van der Waals surface area contributed by atoms with Crippen molar-refractivity contribution in [2.75, 3.05) is 39.4 Å². The van der Waals surface area contributed by atoms with E-state index in [4.69, 9.17) is 9.15 Å². The Morgan fingerprint density at radius 2 is 1.96 bits per heavy atom. The second-order valence-corrected chi connectivity index (χ2v) is 7.78. The molecule has 2 aliphatic rings. The highest BCUT2D eigenvalue weighted by atomic mass is 16.5. The first kappa shape index (κ1) is 18.7. The van der Waals surface area contributed by atoms with E-state index in [0.717, 1.165) is 57.5 Å². The number of hydrogen-bond donors (Lipinski definition) is 0. The molecule has 0 amide bonds. The normalized spacial score (nSPS) is 22.4. The summed E-state index contributed by atoms with van der Waals surface area (Å²) in [5.74, 6) is 1.34. The predicted molar refractivity (Wildman–Crippen MR) is 103 cm³/mol. The summed E-state index contributed by atoms with van der Waals surface area (Å²) in [5.41, 5.74) is 2.16. The molecule has 0 aliphatic carbocycles. The van der Waals surface area contributed by atoms with Gasteiger partial charge in [-0.1, -0.05) is 6.42 Å². The predicted octanol–water partition coefficient (Wildman–Crippen LogP) is 2.46. The Morgan fingerprint density at radius 3 is 2.74 bits per heavy atom. The van der Waals surface area contributed by atoms with Crippen LogP contribution in [-0.2, 0) is 18.3 Å². The Balaban J connectivity index is 1.37. The van der Waals surface area contributed by atoms with Gasteiger partial charge in [0.2, 0.25) is 5.89 Å². The molecule has 2 aromatic rings. The van der Waals surface area contributed by atoms with Gasteiger partial charge in [0, 0.05) is 31.9 Å². The standard InChI is InChI=1S/C20H31N5O2/c1-16-6-7-18(23(16)2)20-22-21-19(27-20)15-25-9-4-3-5-17(25)8-10-24-11-13-26-14-12-24/h6-7,17H,3-5,8-15H2,1-2H3. The molecular weight excluding hydrogens is 342 g/mol. The monoisotopic (exact) mass is 373 g/mol. The molecule has 0 N–H and O–H groups in total. The van der Waals surface area contributed by atoms with E-state index in [1.165, 1.54) is 31.4 Å². The molecule has 4 heterocycles. The van der Waals surface area contributed by atoms with Gasteiger partial charge in [-0.3, -0.25) is 9.80 Å². The van der Waals surface area contributed by atoms with E-state index in [0.29, 0.717) is 11.9 Å². The van der Waals surface area contributed by atoms with Crippen LogP contribution < -0.4 is 0 Å². The number of likely N-dealkylation sites (tertiary alicyclic amines) is 1. The van der Waals surface area contributed by atoms with E-state index >= 15 is 0 Å². The first-order valence-corrected chi connectivity index (χ1v) is 10.2. The molecule has 0 spiro atoms. The van der Waals surface area contributed by atoms with Gasteiger partial charge in [-0.25, -0.2) is 0 Å². The molecule has 0 bridgehead atoms. The van der Waals surface area contributed by atoms with Crippen LogP contribution in [0.2, 0.25) is 0 Å². The lowest BCUT2D eigenvalue weighted by molar-refractivity contribution is 0.0296. The zero-order chi connectivity index (χ0) is 18.6. The Labute approximate surface area is 161 Å². The molecule has 27 heavy (non-hydrogen) atoms. The Kier molecular flexibility index (Phi) is 5.90. The van der Waals surface area contributed by atoms with Crippen LogP contribution in [0, 0.1) is 6.92 Å². The average molecular weight is 374 g/mol. The van der Waals surface area contributed by atoms with Crippen molar-refractivity contribution in [1.29, 1.82) is 0 Å². The fourth-order valence-corrected chi connectivity index (χ4v) is 4.17. The number of rotatable bonds is 6. The molecule has 2 aliphatic heterocycles. The SMILES string of the molecule is Cc1ccc(-c2nnc(CN3CCCCC3CCN3CCOCC3)o2)n1C. The minimum atomic E-state index is 0.606. The van der Waals surface area contributed by atoms with E-state index in [2.05, 4.69) is 37.6 Å². The van der Waals surface area contributed by atoms with Gasteiger partial charge in [0.25, 0.3) is 5.89 Å². The molecule has 148 valence electrons. The van der Waals surface area contributed by atoms with Gasteiger partial charge in [-0.15, -0.1) is 10.2 Å². The largest absolute Gasteiger partial charge is 0.418 e. The highest BCUT2D eigenvalue weighted by Gasteiger charge is 2.25. The topological polar surface area (TPSA) is 59.6 Å². The van der Waals surface area contributed by atoms with Crippen LogP contribution in [0.5, 0.6) is 0 Å². The van der Waals surface area contributed by atoms with Crippen molar-refractivity contribution >= 4 is 0 Å². The molecular formula is C20H31N5O2. The second kappa shape index (κ2) is 8.54. The maximum Gasteiger partial charge on any atom is 0.264 e. The minimum absolute atomic E-state index is 0.606. The van der Waals surface area contributed by atoms with Gasteiger partial charge >= 0.3 is 0 Å². The summed E-state index contributed by atoms with van der Waals surface area (Å²) in [6, 6.07) is 4.72. The maximum absolute atomic E-state index is 6.00. The van der Waals surface area contributed by atoms with E-state index in [1.807, 2.05) is 13.1 Å². The third-order valence-corrected chi connectivity index (χ3v) is 6.03. The van der Waals surface area contributed by atoms with Gasteiger partial charge in [-0.2, -0.15) is 0 Å². The number of piperidine rings is 1. The molecule has 7 heteroatoms. The molecule has 1 atom stereocenters. The van der Waals surface area contributed by atoms with Gasteiger partial charge in [-0.05, 0) is 51.4 Å². The van der Waals surface area contributed by atoms with Crippen LogP contribution in [0.3, 0.4) is 0 Å². The molecule has 1 unspecified atom stereocenters. The highest BCUT2D eigenvalue weighted by Crippen LogP contribution is 2.24. The van der Waals surface area contributed by atoms with Crippen LogP contribution in [0.1, 0.15) is 37.3 Å². The second-order valence-electron chi connectivity index (χ2n) is 7.78. The molecule has 7 nitrogen and oxygen atoms in total. The summed E-state index contributed by atoms with van der Waals surface area (Å²) in [6.07, 6.45) is 5.05. The molecule has 2 saturated heterocycles. The number of hydrogen-bond acceptors (Lipinski definition) is 6. The highest BCUT2D eigenvalue weighted by molar-refractivity contribution is 5.48. The van der Waals surface area contributed by atoms with E-state index < -0.39 is 0 Å². The molecule has 2 fully saturated rings. The van der Waals surface area contributed by atoms with Crippen molar-refractivity contribution in [3.8, 4) is 11.6 Å². The van der Waals surface area contributed by atoms with Gasteiger partial charge in [0.15, 0.2) is 0 Å². The van der Waals surface area contributed by atoms with Crippen molar-refractivity contribution in [2.45, 2.75) is 45.2 Å². The van der Waals surface area contributed by atoms with Crippen LogP contribution in [0.15, 0.2) is 16.5 Å². The minimum Gasteiger partial charge on any atom is -0.418 e. The molecule has 4 rings (SSSR count). The molecule has 0 radical (unpaired) electrons. The van der Waals surface area contributed by atoms with Crippen LogP contribution in [0.25, 0.3) is 11.6 Å². The lowest BCUT2D eigenvalue weighted by Gasteiger charge is -2.36. The smallest absolute Gasteiger partial charge is 0.264 e. The molecule has 0 aromatic carbocycles. The Morgan fingerprint density at radius 1 is 1.11 bits per heavy atom. The number of nitrogens with zero attached hydrogens (tertiary/aromatic N) is 5. The zero-order valence-corrected chi connectivity index (χ0v) is 16.6. The van der Waals surface area contributed by atoms with E-state index in [9.17, 15) is 0 Å². The summed E-state index contributed by atoms with van der Waals surface area (Å²) in [4.78, 5) is 5.07. The first-order chi connectivity index (χ1) is 13.2. The van der Waals surface area contributed by atoms with E-state index in [1.54, 1.807) is 0 Å². The summed E-state index contributed by atoms with van der Waals surface area (Å²) in [5, 5.41) is 8.61. The zero-order valence-electron chi connectivity index (χ0n) is 16.6. The van der Waals surface area contributed by atoms with Crippen LogP contribution in [-0.4, -0.2) is 70.0 Å². The van der Waals surface area contributed by atoms with Crippen LogP contribution >= 0.6 is 0 Å². The summed E-state index contributed by atoms with van der Waals surface area (Å²) < 4.78 is 13.5. The number of aryl methyl sites for hydroxylation is 1. The number of morpholine rings is 1. The third kappa shape index (κ3) is 4.42. The summed E-state index contributed by atoms with van der Waals surface area (Å²) in [6.45, 7) is 8.98. The first-order valence-electron chi connectivity index (χ1n) is 10.2. The maximum atomic E-state index is 6.00. The van der Waals surface area contributed by atoms with Gasteiger partial charge in [0.1, 0.15) is 5.69 Å². The van der Waals surface area contributed by atoms with Gasteiger partial charge < -0.3 is 13.7 Å². The van der Waals surface area contributed by atoms with E-state index in [-0.39, 0.29) is 0 Å². The van der Waals surface area contributed by atoms with Crippen LogP contribution in [0.4, 0.5) is 0 Å². The van der Waals surface area contributed by atoms with Crippen molar-refractivity contribution in [3.05, 3.63) is 23.7 Å². The third-order valence-electron chi connectivity index (χ3n) is 6.03. The molecule has 2 aromatic heterocycles. The molecule has 0 saturated carbocycles. The average Bonchev–Trinajstić information content (AvgIpc) is 3.29. The quantitative estimate of drug-likeness (QED) is 0.775. The Hall–Kier alpha value is -1.70. The van der Waals surface area contributed by atoms with Gasteiger partial charge in [0.05, 0.1) is 19.8 Å². The lowest BCUT2D eigenvalue weighted by atomic mass is 9.99. The van der Waals surface area contributed by atoms with Crippen molar-refractivity contribution in [1.82, 2.24) is 24.6 Å². The summed E-state index contributed by atoms with van der Waals surface area (Å²) in [7, 11) is 2.03. The van der Waals surface area contributed by atoms with Crippen molar-refractivity contribution < 1.29 is 9.15 Å². The Bertz CT molecular complexity index is 735. The van der Waals surface area contributed by atoms with Crippen molar-refractivity contribution in [2.24, 2.45) is 7.05 Å². The summed E-state index contributed by atoms with van der Waals surface area (Å²) >= 11 is 0.